The van der Waals surface area contributed by atoms with Crippen LogP contribution in [0.5, 0.6) is 11.5 Å². The van der Waals surface area contributed by atoms with Gasteiger partial charge in [-0.05, 0) is 23.8 Å². The van der Waals surface area contributed by atoms with Crippen molar-refractivity contribution in [2.75, 3.05) is 13.7 Å². The molecule has 0 fully saturated rings. The lowest BCUT2D eigenvalue weighted by atomic mass is 10.1. The van der Waals surface area contributed by atoms with Gasteiger partial charge in [0, 0.05) is 25.5 Å². The van der Waals surface area contributed by atoms with Crippen molar-refractivity contribution in [3.05, 3.63) is 82.4 Å². The number of aromatic nitrogens is 2. The normalized spacial score (nSPS) is 11.5. The summed E-state index contributed by atoms with van der Waals surface area (Å²) in [6.07, 6.45) is 3.44. The number of nitrogens with zero attached hydrogens (tertiary/aromatic N) is 3. The average Bonchev–Trinajstić information content (AvgIpc) is 3.16. The fraction of sp³-hybridized carbons (Fsp3) is 0.200. The molecular weight excluding hydrogens is 376 g/mol. The highest BCUT2D eigenvalue weighted by Gasteiger charge is 2.21. The van der Waals surface area contributed by atoms with Crippen LogP contribution in [0, 0.1) is 10.1 Å². The monoisotopic (exact) mass is 396 g/mol. The van der Waals surface area contributed by atoms with E-state index in [0.717, 1.165) is 5.56 Å². The zero-order valence-corrected chi connectivity index (χ0v) is 15.9. The number of rotatable bonds is 8. The molecular formula is C20H20N4O5. The summed E-state index contributed by atoms with van der Waals surface area (Å²) in [6, 6.07) is 12.5. The van der Waals surface area contributed by atoms with Gasteiger partial charge in [0.2, 0.25) is 0 Å². The molecule has 0 saturated carbocycles. The van der Waals surface area contributed by atoms with Crippen molar-refractivity contribution in [3.8, 4) is 11.5 Å². The third kappa shape index (κ3) is 4.89. The second-order valence-electron chi connectivity index (χ2n) is 6.21. The van der Waals surface area contributed by atoms with Crippen molar-refractivity contribution in [3.63, 3.8) is 0 Å². The summed E-state index contributed by atoms with van der Waals surface area (Å²) in [5, 5.41) is 13.8. The summed E-state index contributed by atoms with van der Waals surface area (Å²) in [6.45, 7) is -0.293. The molecule has 29 heavy (non-hydrogen) atoms. The highest BCUT2D eigenvalue weighted by molar-refractivity contribution is 5.78. The first-order chi connectivity index (χ1) is 14.0. The zero-order chi connectivity index (χ0) is 20.8. The Labute approximate surface area is 167 Å². The molecule has 0 bridgehead atoms. The Hall–Kier alpha value is -3.88. The summed E-state index contributed by atoms with van der Waals surface area (Å²) in [7, 11) is 3.42. The van der Waals surface area contributed by atoms with Gasteiger partial charge < -0.3 is 19.4 Å². The topological polar surface area (TPSA) is 109 Å². The second-order valence-corrected chi connectivity index (χ2v) is 6.21. The van der Waals surface area contributed by atoms with E-state index in [-0.39, 0.29) is 24.0 Å². The molecule has 9 nitrogen and oxygen atoms in total. The Balaban J connectivity index is 1.73. The first kappa shape index (κ1) is 19.9. The van der Waals surface area contributed by atoms with E-state index in [9.17, 15) is 14.9 Å². The van der Waals surface area contributed by atoms with Crippen LogP contribution in [0.2, 0.25) is 0 Å². The summed E-state index contributed by atoms with van der Waals surface area (Å²) in [5.74, 6) is 1.21. The number of nitro groups is 1. The molecule has 1 unspecified atom stereocenters. The van der Waals surface area contributed by atoms with Crippen LogP contribution in [0.1, 0.15) is 17.4 Å². The summed E-state index contributed by atoms with van der Waals surface area (Å²) < 4.78 is 12.4. The van der Waals surface area contributed by atoms with E-state index in [0.29, 0.717) is 11.6 Å². The van der Waals surface area contributed by atoms with E-state index in [1.807, 2.05) is 23.7 Å². The molecule has 1 atom stereocenters. The van der Waals surface area contributed by atoms with Gasteiger partial charge in [0.05, 0.1) is 18.1 Å². The number of amides is 1. The number of carbonyl (C=O) groups excluding carboxylic acids is 1. The van der Waals surface area contributed by atoms with Crippen LogP contribution in [0.25, 0.3) is 0 Å². The van der Waals surface area contributed by atoms with Crippen molar-refractivity contribution < 1.29 is 19.2 Å². The molecule has 150 valence electrons. The van der Waals surface area contributed by atoms with E-state index >= 15 is 0 Å². The number of aryl methyl sites for hydroxylation is 1. The van der Waals surface area contributed by atoms with Crippen molar-refractivity contribution >= 4 is 11.6 Å². The standard InChI is InChI=1S/C20H20N4O5/c1-23-11-10-21-20(23)19(14-6-8-16(28-2)9-7-14)22-18(25)13-29-17-5-3-4-15(12-17)24(26)27/h3-12,19H,13H2,1-2H3,(H,22,25). The molecule has 0 radical (unpaired) electrons. The maximum atomic E-state index is 12.5. The maximum absolute atomic E-state index is 12.5. The third-order valence-corrected chi connectivity index (χ3v) is 4.27. The average molecular weight is 396 g/mol. The Morgan fingerprint density at radius 3 is 2.62 bits per heavy atom. The number of nitro benzene ring substituents is 1. The van der Waals surface area contributed by atoms with Gasteiger partial charge in [-0.2, -0.15) is 0 Å². The smallest absolute Gasteiger partial charge is 0.273 e. The third-order valence-electron chi connectivity index (χ3n) is 4.27. The van der Waals surface area contributed by atoms with E-state index in [1.165, 1.54) is 18.2 Å². The molecule has 0 aliphatic heterocycles. The predicted octanol–water partition coefficient (Wildman–Crippen LogP) is 2.62. The zero-order valence-electron chi connectivity index (χ0n) is 15.9. The molecule has 0 saturated heterocycles. The number of imidazole rings is 1. The molecule has 1 aromatic heterocycles. The molecule has 1 N–H and O–H groups in total. The number of ether oxygens (including phenoxy) is 2. The van der Waals surface area contributed by atoms with Crippen molar-refractivity contribution in [1.29, 1.82) is 0 Å². The van der Waals surface area contributed by atoms with Crippen LogP contribution in [0.3, 0.4) is 0 Å². The fourth-order valence-corrected chi connectivity index (χ4v) is 2.79. The van der Waals surface area contributed by atoms with Crippen molar-refractivity contribution in [1.82, 2.24) is 14.9 Å². The number of methoxy groups -OCH3 is 1. The molecule has 9 heteroatoms. The van der Waals surface area contributed by atoms with Gasteiger partial charge in [0.15, 0.2) is 6.61 Å². The largest absolute Gasteiger partial charge is 0.497 e. The number of benzene rings is 2. The van der Waals surface area contributed by atoms with Gasteiger partial charge in [0.25, 0.3) is 11.6 Å². The lowest BCUT2D eigenvalue weighted by molar-refractivity contribution is -0.384. The fourth-order valence-electron chi connectivity index (χ4n) is 2.79. The number of non-ortho nitro benzene ring substituents is 1. The molecule has 0 aliphatic rings. The highest BCUT2D eigenvalue weighted by atomic mass is 16.6. The first-order valence-corrected chi connectivity index (χ1v) is 8.75. The van der Waals surface area contributed by atoms with Crippen molar-refractivity contribution in [2.24, 2.45) is 7.05 Å². The number of nitrogens with one attached hydrogen (secondary N) is 1. The SMILES string of the molecule is COc1ccc(C(NC(=O)COc2cccc([N+](=O)[O-])c2)c2nccn2C)cc1. The van der Waals surface area contributed by atoms with E-state index < -0.39 is 11.0 Å². The summed E-state index contributed by atoms with van der Waals surface area (Å²) in [5.41, 5.74) is 0.718. The van der Waals surface area contributed by atoms with Crippen LogP contribution >= 0.6 is 0 Å². The second kappa shape index (κ2) is 8.87. The van der Waals surface area contributed by atoms with Gasteiger partial charge in [-0.25, -0.2) is 4.98 Å². The minimum atomic E-state index is -0.520. The Morgan fingerprint density at radius 2 is 2.00 bits per heavy atom. The molecule has 3 rings (SSSR count). The van der Waals surface area contributed by atoms with Gasteiger partial charge in [-0.3, -0.25) is 14.9 Å². The molecule has 0 aliphatic carbocycles. The lowest BCUT2D eigenvalue weighted by Gasteiger charge is -2.19. The quantitative estimate of drug-likeness (QED) is 0.463. The van der Waals surface area contributed by atoms with Gasteiger partial charge in [0.1, 0.15) is 23.4 Å². The van der Waals surface area contributed by atoms with Gasteiger partial charge >= 0.3 is 0 Å². The van der Waals surface area contributed by atoms with Crippen molar-refractivity contribution in [2.45, 2.75) is 6.04 Å². The highest BCUT2D eigenvalue weighted by Crippen LogP contribution is 2.23. The van der Waals surface area contributed by atoms with Crippen LogP contribution in [0.15, 0.2) is 60.9 Å². The van der Waals surface area contributed by atoms with E-state index in [2.05, 4.69) is 10.3 Å². The van der Waals surface area contributed by atoms with Crippen LogP contribution in [0.4, 0.5) is 5.69 Å². The van der Waals surface area contributed by atoms with Crippen LogP contribution < -0.4 is 14.8 Å². The predicted molar refractivity (Wildman–Crippen MR) is 105 cm³/mol. The Morgan fingerprint density at radius 1 is 1.24 bits per heavy atom. The summed E-state index contributed by atoms with van der Waals surface area (Å²) >= 11 is 0. The molecule has 1 amide bonds. The lowest BCUT2D eigenvalue weighted by Crippen LogP contribution is -2.34. The number of hydrogen-bond donors (Lipinski definition) is 1. The van der Waals surface area contributed by atoms with Gasteiger partial charge in [-0.1, -0.05) is 18.2 Å². The molecule has 0 spiro atoms. The molecule has 2 aromatic carbocycles. The maximum Gasteiger partial charge on any atom is 0.273 e. The minimum absolute atomic E-state index is 0.105. The minimum Gasteiger partial charge on any atom is -0.497 e. The number of carbonyl (C=O) groups is 1. The molecule has 3 aromatic rings. The van der Waals surface area contributed by atoms with E-state index in [4.69, 9.17) is 9.47 Å². The van der Waals surface area contributed by atoms with Crippen LogP contribution in [-0.2, 0) is 11.8 Å². The Kier molecular flexibility index (Phi) is 6.08. The summed E-state index contributed by atoms with van der Waals surface area (Å²) in [4.78, 5) is 27.2. The molecule has 1 heterocycles. The number of hydrogen-bond acceptors (Lipinski definition) is 6. The van der Waals surface area contributed by atoms with Crippen LogP contribution in [-0.4, -0.2) is 34.1 Å². The first-order valence-electron chi connectivity index (χ1n) is 8.75. The van der Waals surface area contributed by atoms with E-state index in [1.54, 1.807) is 37.7 Å². The Bertz CT molecular complexity index is 1000. The van der Waals surface area contributed by atoms with Gasteiger partial charge in [-0.15, -0.1) is 0 Å².